The molecule has 0 bridgehead atoms. The van der Waals surface area contributed by atoms with Crippen LogP contribution in [0.4, 0.5) is 12.9 Å². The summed E-state index contributed by atoms with van der Waals surface area (Å²) in [5.74, 6) is -0.649. The van der Waals surface area contributed by atoms with Crippen LogP contribution >= 0.6 is 0 Å². The van der Waals surface area contributed by atoms with Crippen LogP contribution < -0.4 is 5.59 Å². The first kappa shape index (κ1) is 11.5. The van der Waals surface area contributed by atoms with E-state index in [9.17, 15) is 17.7 Å². The Balaban J connectivity index is 2.65. The third-order valence-corrected chi connectivity index (χ3v) is 1.49. The van der Waals surface area contributed by atoms with Gasteiger partial charge >= 0.3 is 12.9 Å². The quantitative estimate of drug-likeness (QED) is 0.527. The third-order valence-electron chi connectivity index (χ3n) is 1.49. The summed E-state index contributed by atoms with van der Waals surface area (Å²) in [4.78, 5) is 10.9. The first-order valence-electron chi connectivity index (χ1n) is 4.19. The predicted octanol–water partition coefficient (Wildman–Crippen LogP) is -0.104. The Kier molecular flexibility index (Phi) is 3.33. The Hall–Kier alpha value is -1.54. The van der Waals surface area contributed by atoms with Crippen molar-refractivity contribution in [3.05, 3.63) is 6.20 Å². The minimum Gasteiger partial charge on any atom is -0.465 e. The van der Waals surface area contributed by atoms with Crippen molar-refractivity contribution < 1.29 is 22.5 Å². The summed E-state index contributed by atoms with van der Waals surface area (Å²) in [5, 5.41) is 6.07. The predicted molar refractivity (Wildman–Crippen MR) is 45.4 cm³/mol. The molecule has 0 radical (unpaired) electrons. The lowest BCUT2D eigenvalue weighted by molar-refractivity contribution is -0.144. The van der Waals surface area contributed by atoms with E-state index in [-0.39, 0.29) is 13.2 Å². The number of ether oxygens (including phenoxy) is 1. The maximum Gasteiger partial charge on any atom is 0.531 e. The van der Waals surface area contributed by atoms with Crippen LogP contribution in [0.2, 0.25) is 0 Å². The topological polar surface area (TPSA) is 57.0 Å². The van der Waals surface area contributed by atoms with Gasteiger partial charge in [0.15, 0.2) is 0 Å². The molecular formula is C6H8BF3N3O2-. The van der Waals surface area contributed by atoms with Crippen LogP contribution in [0.25, 0.3) is 0 Å². The number of nitrogens with zero attached hydrogens (tertiary/aromatic N) is 3. The zero-order chi connectivity index (χ0) is 11.5. The summed E-state index contributed by atoms with van der Waals surface area (Å²) in [6, 6.07) is 0. The van der Waals surface area contributed by atoms with E-state index in [0.717, 1.165) is 4.68 Å². The minimum absolute atomic E-state index is 0.170. The molecule has 9 heteroatoms. The molecule has 5 nitrogen and oxygen atoms in total. The van der Waals surface area contributed by atoms with Crippen molar-refractivity contribution >= 4 is 18.5 Å². The van der Waals surface area contributed by atoms with Gasteiger partial charge in [0.2, 0.25) is 0 Å². The highest BCUT2D eigenvalue weighted by Gasteiger charge is 2.29. The molecule has 0 saturated carbocycles. The lowest BCUT2D eigenvalue weighted by atomic mass is 9.87. The van der Waals surface area contributed by atoms with Gasteiger partial charge in [0, 0.05) is 11.8 Å². The Labute approximate surface area is 83.3 Å². The average Bonchev–Trinajstić information content (AvgIpc) is 2.52. The molecular weight excluding hydrogens is 214 g/mol. The van der Waals surface area contributed by atoms with Gasteiger partial charge in [-0.3, -0.25) is 4.79 Å². The fourth-order valence-electron chi connectivity index (χ4n) is 0.880. The maximum atomic E-state index is 12.1. The molecule has 0 fully saturated rings. The molecule has 1 rings (SSSR count). The summed E-state index contributed by atoms with van der Waals surface area (Å²) in [6.07, 6.45) is 0.677. The Morgan fingerprint density at radius 1 is 1.60 bits per heavy atom. The van der Waals surface area contributed by atoms with E-state index in [1.54, 1.807) is 6.92 Å². The van der Waals surface area contributed by atoms with E-state index in [1.807, 2.05) is 0 Å². The van der Waals surface area contributed by atoms with Crippen molar-refractivity contribution in [3.63, 3.8) is 0 Å². The fraction of sp³-hybridized carbons (Fsp3) is 0.500. The van der Waals surface area contributed by atoms with Crippen LogP contribution in [-0.4, -0.2) is 34.5 Å². The number of rotatable bonds is 4. The van der Waals surface area contributed by atoms with Crippen molar-refractivity contribution in [2.45, 2.75) is 13.5 Å². The van der Waals surface area contributed by atoms with E-state index in [4.69, 9.17) is 0 Å². The van der Waals surface area contributed by atoms with E-state index >= 15 is 0 Å². The number of hydrogen-bond donors (Lipinski definition) is 0. The Morgan fingerprint density at radius 3 is 2.73 bits per heavy atom. The molecule has 0 saturated heterocycles. The molecule has 0 amide bonds. The maximum absolute atomic E-state index is 12.1. The number of carbonyl (C=O) groups excluding carboxylic acids is 1. The lowest BCUT2D eigenvalue weighted by Crippen LogP contribution is -2.35. The standard InChI is InChI=1S/C6H8BF3N3O2/c1-2-15-6(14)4-13-3-5(11-12-13)7(8,9)10/h3H,2,4H2,1H3/q-1. The van der Waals surface area contributed by atoms with E-state index in [2.05, 4.69) is 15.0 Å². The second kappa shape index (κ2) is 4.32. The molecule has 0 spiro atoms. The number of esters is 1. The summed E-state index contributed by atoms with van der Waals surface area (Å²) in [5.41, 5.74) is -1.07. The molecule has 84 valence electrons. The molecule has 0 aromatic carbocycles. The highest BCUT2D eigenvalue weighted by Crippen LogP contribution is 2.05. The van der Waals surface area contributed by atoms with Crippen molar-refractivity contribution in [1.29, 1.82) is 0 Å². The molecule has 0 N–H and O–H groups in total. The average molecular weight is 222 g/mol. The second-order valence-electron chi connectivity index (χ2n) is 2.72. The van der Waals surface area contributed by atoms with Crippen LogP contribution in [-0.2, 0) is 16.1 Å². The number of halogens is 3. The first-order chi connectivity index (χ1) is 6.93. The van der Waals surface area contributed by atoms with Gasteiger partial charge in [-0.15, -0.1) is 0 Å². The van der Waals surface area contributed by atoms with Gasteiger partial charge in [-0.05, 0) is 6.92 Å². The van der Waals surface area contributed by atoms with Gasteiger partial charge < -0.3 is 17.7 Å². The highest BCUT2D eigenvalue weighted by atomic mass is 19.4. The van der Waals surface area contributed by atoms with E-state index in [1.165, 1.54) is 0 Å². The van der Waals surface area contributed by atoms with Gasteiger partial charge in [-0.25, -0.2) is 4.68 Å². The molecule has 0 aliphatic carbocycles. The molecule has 1 heterocycles. The van der Waals surface area contributed by atoms with Gasteiger partial charge in [0.1, 0.15) is 6.54 Å². The summed E-state index contributed by atoms with van der Waals surface area (Å²) in [6.45, 7) is -3.77. The largest absolute Gasteiger partial charge is 0.531 e. The van der Waals surface area contributed by atoms with E-state index in [0.29, 0.717) is 6.20 Å². The van der Waals surface area contributed by atoms with Crippen molar-refractivity contribution in [3.8, 4) is 0 Å². The minimum atomic E-state index is -5.17. The highest BCUT2D eigenvalue weighted by molar-refractivity contribution is 6.72. The molecule has 0 atom stereocenters. The molecule has 0 aliphatic heterocycles. The van der Waals surface area contributed by atoms with Crippen molar-refractivity contribution in [2.75, 3.05) is 6.61 Å². The van der Waals surface area contributed by atoms with Gasteiger partial charge in [-0.1, -0.05) is 5.21 Å². The molecule has 1 aromatic heterocycles. The summed E-state index contributed by atoms with van der Waals surface area (Å²) >= 11 is 0. The summed E-state index contributed by atoms with van der Waals surface area (Å²) in [7, 11) is 0. The number of aromatic nitrogens is 3. The van der Waals surface area contributed by atoms with Crippen LogP contribution in [0.15, 0.2) is 6.20 Å². The van der Waals surface area contributed by atoms with Crippen LogP contribution in [0, 0.1) is 0 Å². The molecule has 15 heavy (non-hydrogen) atoms. The van der Waals surface area contributed by atoms with Crippen molar-refractivity contribution in [2.24, 2.45) is 0 Å². The van der Waals surface area contributed by atoms with Crippen molar-refractivity contribution in [1.82, 2.24) is 15.0 Å². The normalized spacial score (nSPS) is 11.5. The van der Waals surface area contributed by atoms with Gasteiger partial charge in [-0.2, -0.15) is 5.10 Å². The monoisotopic (exact) mass is 222 g/mol. The molecule has 0 unspecified atom stereocenters. The Bertz CT molecular complexity index is 352. The van der Waals surface area contributed by atoms with E-state index < -0.39 is 18.5 Å². The first-order valence-corrected chi connectivity index (χ1v) is 4.19. The second-order valence-corrected chi connectivity index (χ2v) is 2.72. The summed E-state index contributed by atoms with van der Waals surface area (Å²) < 4.78 is 41.7. The van der Waals surface area contributed by atoms with Gasteiger partial charge in [0.25, 0.3) is 0 Å². The third kappa shape index (κ3) is 3.26. The molecule has 1 aromatic rings. The van der Waals surface area contributed by atoms with Gasteiger partial charge in [0.05, 0.1) is 6.61 Å². The lowest BCUT2D eigenvalue weighted by Gasteiger charge is -2.07. The number of carbonyl (C=O) groups is 1. The zero-order valence-corrected chi connectivity index (χ0v) is 7.86. The SMILES string of the molecule is CCOC(=O)Cn1cc([B-](F)(F)F)nn1. The zero-order valence-electron chi connectivity index (χ0n) is 7.86. The van der Waals surface area contributed by atoms with Crippen LogP contribution in [0.1, 0.15) is 6.92 Å². The smallest absolute Gasteiger partial charge is 0.465 e. The fourth-order valence-corrected chi connectivity index (χ4v) is 0.880. The van der Waals surface area contributed by atoms with Crippen LogP contribution in [0.5, 0.6) is 0 Å². The van der Waals surface area contributed by atoms with Crippen LogP contribution in [0.3, 0.4) is 0 Å². The molecule has 0 aliphatic rings. The number of hydrogen-bond acceptors (Lipinski definition) is 4. The Morgan fingerprint density at radius 2 is 2.27 bits per heavy atom.